The van der Waals surface area contributed by atoms with Gasteiger partial charge in [-0.15, -0.1) is 0 Å². The second-order valence-electron chi connectivity index (χ2n) is 5.16. The predicted octanol–water partition coefficient (Wildman–Crippen LogP) is 5.62. The summed E-state index contributed by atoms with van der Waals surface area (Å²) in [6.07, 6.45) is 9.59. The summed E-state index contributed by atoms with van der Waals surface area (Å²) in [4.78, 5) is 0. The fourth-order valence-electron chi connectivity index (χ4n) is 2.34. The zero-order valence-corrected chi connectivity index (χ0v) is 11.6. The van der Waals surface area contributed by atoms with Gasteiger partial charge in [0.25, 0.3) is 0 Å². The lowest BCUT2D eigenvalue weighted by Crippen LogP contribution is -2.12. The first-order valence-electron chi connectivity index (χ1n) is 6.96. The summed E-state index contributed by atoms with van der Waals surface area (Å²) < 4.78 is 0. The lowest BCUT2D eigenvalue weighted by Gasteiger charge is -2.22. The minimum atomic E-state index is 0.923. The Morgan fingerprint density at radius 1 is 0.933 bits per heavy atom. The fraction of sp³-hybridized carbons (Fsp3) is 0.933. The molecule has 0 aliphatic rings. The van der Waals surface area contributed by atoms with Crippen LogP contribution in [0.25, 0.3) is 0 Å². The van der Waals surface area contributed by atoms with Crippen molar-refractivity contribution in [3.8, 4) is 0 Å². The van der Waals surface area contributed by atoms with Crippen LogP contribution in [0.15, 0.2) is 0 Å². The lowest BCUT2D eigenvalue weighted by atomic mass is 9.82. The van der Waals surface area contributed by atoms with Gasteiger partial charge in [-0.05, 0) is 25.2 Å². The third kappa shape index (κ3) is 6.87. The zero-order valence-electron chi connectivity index (χ0n) is 11.6. The second-order valence-corrected chi connectivity index (χ2v) is 5.16. The highest BCUT2D eigenvalue weighted by atomic mass is 14.2. The van der Waals surface area contributed by atoms with Gasteiger partial charge in [-0.3, -0.25) is 0 Å². The Labute approximate surface area is 97.8 Å². The zero-order chi connectivity index (χ0) is 11.7. The van der Waals surface area contributed by atoms with Crippen molar-refractivity contribution in [3.05, 3.63) is 5.92 Å². The molecule has 0 aliphatic carbocycles. The van der Waals surface area contributed by atoms with E-state index in [4.69, 9.17) is 0 Å². The standard InChI is InChI=1S/C15H31/c1-6-9-15(10-7-2)14(5)12-11-13(4)8-3/h14-15H,6-12H2,1-5H3/q+1. The predicted molar refractivity (Wildman–Crippen MR) is 70.9 cm³/mol. The Bertz CT molecular complexity index is 122. The fourth-order valence-corrected chi connectivity index (χ4v) is 2.34. The highest BCUT2D eigenvalue weighted by molar-refractivity contribution is 4.83. The number of hydrogen-bond donors (Lipinski definition) is 0. The van der Waals surface area contributed by atoms with E-state index in [1.54, 1.807) is 5.92 Å². The van der Waals surface area contributed by atoms with E-state index in [-0.39, 0.29) is 0 Å². The molecule has 0 spiro atoms. The van der Waals surface area contributed by atoms with Gasteiger partial charge in [0, 0.05) is 0 Å². The van der Waals surface area contributed by atoms with Gasteiger partial charge in [0.2, 0.25) is 0 Å². The molecule has 0 aromatic rings. The van der Waals surface area contributed by atoms with E-state index in [1.165, 1.54) is 44.9 Å². The molecule has 90 valence electrons. The van der Waals surface area contributed by atoms with E-state index >= 15 is 0 Å². The maximum atomic E-state index is 2.46. The third-order valence-corrected chi connectivity index (χ3v) is 3.75. The molecule has 0 N–H and O–H groups in total. The Morgan fingerprint density at radius 2 is 1.47 bits per heavy atom. The van der Waals surface area contributed by atoms with Crippen molar-refractivity contribution in [2.24, 2.45) is 11.8 Å². The van der Waals surface area contributed by atoms with Crippen molar-refractivity contribution in [3.63, 3.8) is 0 Å². The smallest absolute Gasteiger partial charge is 0.0654 e. The molecule has 1 unspecified atom stereocenters. The molecule has 0 heteroatoms. The highest BCUT2D eigenvalue weighted by Crippen LogP contribution is 2.28. The molecule has 0 aliphatic heterocycles. The minimum Gasteiger partial charge on any atom is -0.0654 e. The number of hydrogen-bond acceptors (Lipinski definition) is 0. The van der Waals surface area contributed by atoms with Crippen LogP contribution >= 0.6 is 0 Å². The molecule has 0 saturated heterocycles. The molecule has 0 heterocycles. The third-order valence-electron chi connectivity index (χ3n) is 3.75. The normalized spacial score (nSPS) is 13.2. The molecule has 0 saturated carbocycles. The van der Waals surface area contributed by atoms with E-state index in [1.807, 2.05) is 0 Å². The molecule has 0 nitrogen and oxygen atoms in total. The van der Waals surface area contributed by atoms with Crippen molar-refractivity contribution in [1.82, 2.24) is 0 Å². The Hall–Kier alpha value is -0.130. The summed E-state index contributed by atoms with van der Waals surface area (Å²) >= 11 is 0. The van der Waals surface area contributed by atoms with Gasteiger partial charge < -0.3 is 0 Å². The van der Waals surface area contributed by atoms with E-state index in [0.717, 1.165) is 11.8 Å². The van der Waals surface area contributed by atoms with Crippen LogP contribution < -0.4 is 0 Å². The van der Waals surface area contributed by atoms with Gasteiger partial charge in [0.1, 0.15) is 0 Å². The summed E-state index contributed by atoms with van der Waals surface area (Å²) in [6, 6.07) is 0. The van der Waals surface area contributed by atoms with Crippen molar-refractivity contribution in [2.45, 2.75) is 79.6 Å². The lowest BCUT2D eigenvalue weighted by molar-refractivity contribution is 0.290. The van der Waals surface area contributed by atoms with Gasteiger partial charge in [-0.2, -0.15) is 0 Å². The van der Waals surface area contributed by atoms with Crippen molar-refractivity contribution in [1.29, 1.82) is 0 Å². The van der Waals surface area contributed by atoms with Gasteiger partial charge in [-0.1, -0.05) is 46.5 Å². The first-order chi connectivity index (χ1) is 7.15. The summed E-state index contributed by atoms with van der Waals surface area (Å²) in [5.41, 5.74) is 0. The summed E-state index contributed by atoms with van der Waals surface area (Å²) in [7, 11) is 0. The maximum Gasteiger partial charge on any atom is 0.0899 e. The second kappa shape index (κ2) is 9.12. The van der Waals surface area contributed by atoms with Crippen LogP contribution in [-0.4, -0.2) is 0 Å². The summed E-state index contributed by atoms with van der Waals surface area (Å²) in [5.74, 6) is 3.57. The maximum absolute atomic E-state index is 2.46. The van der Waals surface area contributed by atoms with Crippen LogP contribution in [0.2, 0.25) is 0 Å². The van der Waals surface area contributed by atoms with Gasteiger partial charge in [0.15, 0.2) is 0 Å². The molecular formula is C15H31+. The molecular weight excluding hydrogens is 180 g/mol. The monoisotopic (exact) mass is 211 g/mol. The first-order valence-corrected chi connectivity index (χ1v) is 6.96. The van der Waals surface area contributed by atoms with E-state index < -0.39 is 0 Å². The van der Waals surface area contributed by atoms with Crippen LogP contribution in [0, 0.1) is 17.8 Å². The quantitative estimate of drug-likeness (QED) is 0.434. The molecule has 0 aromatic heterocycles. The van der Waals surface area contributed by atoms with Gasteiger partial charge in [-0.25, -0.2) is 0 Å². The highest BCUT2D eigenvalue weighted by Gasteiger charge is 2.19. The average molecular weight is 211 g/mol. The Balaban J connectivity index is 3.84. The molecule has 0 radical (unpaired) electrons. The van der Waals surface area contributed by atoms with Crippen molar-refractivity contribution >= 4 is 0 Å². The largest absolute Gasteiger partial charge is 0.0899 e. The molecule has 0 rings (SSSR count). The van der Waals surface area contributed by atoms with Crippen LogP contribution in [0.4, 0.5) is 0 Å². The SMILES string of the molecule is CCCC(CCC)C(C)CC[C+](C)CC. The minimum absolute atomic E-state index is 0.923. The molecule has 0 fully saturated rings. The average Bonchev–Trinajstić information content (AvgIpc) is 2.25. The van der Waals surface area contributed by atoms with Crippen LogP contribution in [-0.2, 0) is 0 Å². The van der Waals surface area contributed by atoms with E-state index in [0.29, 0.717) is 0 Å². The van der Waals surface area contributed by atoms with Crippen molar-refractivity contribution < 1.29 is 0 Å². The summed E-state index contributed by atoms with van der Waals surface area (Å²) in [6.45, 7) is 11.7. The molecule has 15 heavy (non-hydrogen) atoms. The molecule has 1 atom stereocenters. The summed E-state index contributed by atoms with van der Waals surface area (Å²) in [5, 5.41) is 0. The first kappa shape index (κ1) is 14.9. The topological polar surface area (TPSA) is 0 Å². The van der Waals surface area contributed by atoms with E-state index in [2.05, 4.69) is 34.6 Å². The van der Waals surface area contributed by atoms with E-state index in [9.17, 15) is 0 Å². The number of rotatable bonds is 9. The van der Waals surface area contributed by atoms with Crippen LogP contribution in [0.1, 0.15) is 79.6 Å². The van der Waals surface area contributed by atoms with Crippen LogP contribution in [0.5, 0.6) is 0 Å². The van der Waals surface area contributed by atoms with Crippen LogP contribution in [0.3, 0.4) is 0 Å². The van der Waals surface area contributed by atoms with Gasteiger partial charge >= 0.3 is 0 Å². The molecule has 0 aromatic carbocycles. The Kier molecular flexibility index (Phi) is 9.04. The molecule has 0 amide bonds. The van der Waals surface area contributed by atoms with Crippen molar-refractivity contribution in [2.75, 3.05) is 0 Å². The van der Waals surface area contributed by atoms with Gasteiger partial charge in [0.05, 0.1) is 25.7 Å². The molecule has 0 bridgehead atoms. The Morgan fingerprint density at radius 3 is 1.87 bits per heavy atom.